The summed E-state index contributed by atoms with van der Waals surface area (Å²) >= 11 is 0. The molecule has 17 heavy (non-hydrogen) atoms. The standard InChI is InChI=1S/C12H13N4O/c13-15-8-12(17,9-16-7-6-14-10-16)11-4-2-1-3-5-11/h1-7,10,17H,8-9H2/q+1. The largest absolute Gasteiger partial charge is 0.376 e. The minimum atomic E-state index is -1.23. The van der Waals surface area contributed by atoms with Crippen molar-refractivity contribution in [3.8, 4) is 0 Å². The molecule has 1 heterocycles. The topological polar surface area (TPSA) is 66.2 Å². The van der Waals surface area contributed by atoms with Crippen LogP contribution in [0.3, 0.4) is 0 Å². The van der Waals surface area contributed by atoms with Crippen molar-refractivity contribution in [2.45, 2.75) is 12.1 Å². The summed E-state index contributed by atoms with van der Waals surface area (Å²) in [6, 6.07) is 9.17. The van der Waals surface area contributed by atoms with E-state index in [4.69, 9.17) is 5.39 Å². The molecule has 86 valence electrons. The Labute approximate surface area is 99.0 Å². The summed E-state index contributed by atoms with van der Waals surface area (Å²) in [5, 5.41) is 19.3. The van der Waals surface area contributed by atoms with Crippen molar-refractivity contribution in [3.05, 3.63) is 59.6 Å². The van der Waals surface area contributed by atoms with Gasteiger partial charge in [0.05, 0.1) is 12.9 Å². The summed E-state index contributed by atoms with van der Waals surface area (Å²) in [4.78, 5) is 7.00. The summed E-state index contributed by atoms with van der Waals surface area (Å²) in [6.45, 7) is 0.219. The molecule has 0 aliphatic rings. The Morgan fingerprint density at radius 3 is 2.71 bits per heavy atom. The van der Waals surface area contributed by atoms with Gasteiger partial charge in [0.1, 0.15) is 4.98 Å². The van der Waals surface area contributed by atoms with E-state index >= 15 is 0 Å². The van der Waals surface area contributed by atoms with E-state index in [1.807, 2.05) is 30.3 Å². The summed E-state index contributed by atoms with van der Waals surface area (Å²) in [5.41, 5.74) is -0.511. The average molecular weight is 229 g/mol. The molecule has 1 aromatic heterocycles. The molecule has 0 amide bonds. The molecule has 0 aliphatic heterocycles. The van der Waals surface area contributed by atoms with Crippen LogP contribution in [-0.4, -0.2) is 21.2 Å². The third-order valence-corrected chi connectivity index (χ3v) is 2.65. The fourth-order valence-corrected chi connectivity index (χ4v) is 1.78. The van der Waals surface area contributed by atoms with Crippen molar-refractivity contribution >= 4 is 0 Å². The van der Waals surface area contributed by atoms with E-state index in [-0.39, 0.29) is 6.54 Å². The molecule has 1 unspecified atom stereocenters. The fourth-order valence-electron chi connectivity index (χ4n) is 1.78. The van der Waals surface area contributed by atoms with Gasteiger partial charge in [-0.1, -0.05) is 30.3 Å². The highest BCUT2D eigenvalue weighted by molar-refractivity contribution is 5.23. The lowest BCUT2D eigenvalue weighted by Gasteiger charge is -2.21. The minimum absolute atomic E-state index is 0.0742. The summed E-state index contributed by atoms with van der Waals surface area (Å²) < 4.78 is 1.75. The highest BCUT2D eigenvalue weighted by Crippen LogP contribution is 2.23. The second-order valence-corrected chi connectivity index (χ2v) is 3.93. The molecule has 2 rings (SSSR count). The maximum atomic E-state index is 10.6. The van der Waals surface area contributed by atoms with Gasteiger partial charge >= 0.3 is 6.54 Å². The predicted molar refractivity (Wildman–Crippen MR) is 62.5 cm³/mol. The lowest BCUT2D eigenvalue weighted by molar-refractivity contribution is 0.0346. The van der Waals surface area contributed by atoms with Gasteiger partial charge in [-0.15, -0.1) is 0 Å². The van der Waals surface area contributed by atoms with Gasteiger partial charge in [0.2, 0.25) is 5.39 Å². The Hall–Kier alpha value is -2.19. The molecule has 1 aromatic carbocycles. The van der Waals surface area contributed by atoms with Gasteiger partial charge in [-0.2, -0.15) is 0 Å². The third-order valence-electron chi connectivity index (χ3n) is 2.65. The van der Waals surface area contributed by atoms with Crippen molar-refractivity contribution in [2.24, 2.45) is 0 Å². The Morgan fingerprint density at radius 1 is 1.35 bits per heavy atom. The van der Waals surface area contributed by atoms with Crippen LogP contribution in [0.2, 0.25) is 0 Å². The quantitative estimate of drug-likeness (QED) is 0.810. The van der Waals surface area contributed by atoms with Gasteiger partial charge in [-0.05, 0) is 5.56 Å². The summed E-state index contributed by atoms with van der Waals surface area (Å²) in [5.74, 6) is 0. The van der Waals surface area contributed by atoms with Crippen LogP contribution >= 0.6 is 0 Å². The van der Waals surface area contributed by atoms with E-state index in [0.717, 1.165) is 0 Å². The van der Waals surface area contributed by atoms with Crippen LogP contribution in [0.5, 0.6) is 0 Å². The first kappa shape index (κ1) is 11.3. The van der Waals surface area contributed by atoms with E-state index in [2.05, 4.69) is 9.96 Å². The van der Waals surface area contributed by atoms with E-state index in [9.17, 15) is 5.11 Å². The molecule has 0 fully saturated rings. The molecule has 0 bridgehead atoms. The van der Waals surface area contributed by atoms with E-state index < -0.39 is 5.60 Å². The number of aromatic nitrogens is 2. The number of imidazole rings is 1. The third kappa shape index (κ3) is 2.49. The van der Waals surface area contributed by atoms with Gasteiger partial charge in [0, 0.05) is 12.4 Å². The van der Waals surface area contributed by atoms with Crippen molar-refractivity contribution in [1.29, 1.82) is 5.39 Å². The SMILES string of the molecule is N#[N+]CC(O)(Cn1ccnc1)c1ccccc1. The van der Waals surface area contributed by atoms with E-state index in [1.165, 1.54) is 0 Å². The van der Waals surface area contributed by atoms with Crippen LogP contribution in [0.15, 0.2) is 49.1 Å². The Morgan fingerprint density at radius 2 is 2.12 bits per heavy atom. The molecule has 0 radical (unpaired) electrons. The molecular weight excluding hydrogens is 216 g/mol. The maximum absolute atomic E-state index is 10.6. The monoisotopic (exact) mass is 229 g/mol. The maximum Gasteiger partial charge on any atom is 0.339 e. The van der Waals surface area contributed by atoms with Crippen LogP contribution in [0.1, 0.15) is 5.56 Å². The van der Waals surface area contributed by atoms with Crippen LogP contribution in [0.25, 0.3) is 4.98 Å². The molecule has 1 N–H and O–H groups in total. The molecule has 5 nitrogen and oxygen atoms in total. The van der Waals surface area contributed by atoms with Crippen molar-refractivity contribution in [2.75, 3.05) is 6.54 Å². The zero-order valence-corrected chi connectivity index (χ0v) is 9.27. The first-order valence-corrected chi connectivity index (χ1v) is 5.29. The Balaban J connectivity index is 2.30. The van der Waals surface area contributed by atoms with Crippen molar-refractivity contribution in [3.63, 3.8) is 0 Å². The van der Waals surface area contributed by atoms with E-state index in [1.54, 1.807) is 23.3 Å². The zero-order valence-electron chi connectivity index (χ0n) is 9.27. The van der Waals surface area contributed by atoms with Crippen LogP contribution in [0, 0.1) is 5.39 Å². The van der Waals surface area contributed by atoms with Gasteiger partial charge in [-0.3, -0.25) is 0 Å². The Bertz CT molecular complexity index is 503. The Kier molecular flexibility index (Phi) is 3.17. The number of hydrogen-bond donors (Lipinski definition) is 1. The number of aliphatic hydroxyl groups is 1. The molecule has 0 saturated carbocycles. The first-order chi connectivity index (χ1) is 8.24. The second kappa shape index (κ2) is 4.76. The molecule has 5 heteroatoms. The lowest BCUT2D eigenvalue weighted by atomic mass is 9.94. The number of benzene rings is 1. The zero-order chi connectivity index (χ0) is 12.1. The van der Waals surface area contributed by atoms with Crippen LogP contribution in [-0.2, 0) is 12.1 Å². The first-order valence-electron chi connectivity index (χ1n) is 5.29. The predicted octanol–water partition coefficient (Wildman–Crippen LogP) is 1.62. The molecule has 0 spiro atoms. The molecule has 1 atom stereocenters. The molecular formula is C12H13N4O+. The normalized spacial score (nSPS) is 13.9. The molecule has 2 aromatic rings. The molecule has 0 aliphatic carbocycles. The van der Waals surface area contributed by atoms with Gasteiger partial charge in [0.15, 0.2) is 5.60 Å². The molecule has 0 saturated heterocycles. The number of nitrogens with zero attached hydrogens (tertiary/aromatic N) is 4. The number of diazo groups is 1. The van der Waals surface area contributed by atoms with Gasteiger partial charge < -0.3 is 9.67 Å². The van der Waals surface area contributed by atoms with Gasteiger partial charge in [0.25, 0.3) is 0 Å². The smallest absolute Gasteiger partial charge is 0.339 e. The highest BCUT2D eigenvalue weighted by Gasteiger charge is 2.36. The fraction of sp³-hybridized carbons (Fsp3) is 0.250. The summed E-state index contributed by atoms with van der Waals surface area (Å²) in [7, 11) is 0. The summed E-state index contributed by atoms with van der Waals surface area (Å²) in [6.07, 6.45) is 5.01. The second-order valence-electron chi connectivity index (χ2n) is 3.93. The lowest BCUT2D eigenvalue weighted by Crippen LogP contribution is -2.33. The minimum Gasteiger partial charge on any atom is -0.376 e. The van der Waals surface area contributed by atoms with Crippen LogP contribution < -0.4 is 0 Å². The number of hydrogen-bond acceptors (Lipinski definition) is 3. The average Bonchev–Trinajstić information content (AvgIpc) is 2.83. The van der Waals surface area contributed by atoms with E-state index in [0.29, 0.717) is 12.1 Å². The van der Waals surface area contributed by atoms with Crippen molar-refractivity contribution in [1.82, 2.24) is 9.55 Å². The van der Waals surface area contributed by atoms with Crippen molar-refractivity contribution < 1.29 is 5.11 Å². The van der Waals surface area contributed by atoms with Gasteiger partial charge in [-0.25, -0.2) is 4.98 Å². The van der Waals surface area contributed by atoms with Crippen LogP contribution in [0.4, 0.5) is 0 Å². The highest BCUT2D eigenvalue weighted by atomic mass is 16.3. The number of rotatable bonds is 4.